The number of carbonyl (C=O) groups excluding carboxylic acids is 2. The van der Waals surface area contributed by atoms with E-state index in [1.165, 1.54) is 5.56 Å². The van der Waals surface area contributed by atoms with E-state index in [0.717, 1.165) is 19.3 Å². The summed E-state index contributed by atoms with van der Waals surface area (Å²) in [6.07, 6.45) is 3.15. The maximum atomic E-state index is 12.9. The highest BCUT2D eigenvalue weighted by Gasteiger charge is 2.15. The summed E-state index contributed by atoms with van der Waals surface area (Å²) in [4.78, 5) is 25.6. The van der Waals surface area contributed by atoms with E-state index in [9.17, 15) is 9.59 Å². The number of hydrogen-bond donors (Lipinski definition) is 2. The van der Waals surface area contributed by atoms with Crippen molar-refractivity contribution < 1.29 is 14.3 Å². The van der Waals surface area contributed by atoms with Crippen molar-refractivity contribution in [1.29, 1.82) is 0 Å². The number of carbonyl (C=O) groups is 2. The van der Waals surface area contributed by atoms with Gasteiger partial charge in [-0.3, -0.25) is 9.59 Å². The molecule has 3 aromatic rings. The SMILES string of the molecule is CCCCCOc1ccccc1C(=O)Nc1cccc(NC(=O)c2ccc(C(C)(C)C)cc2)c1. The molecule has 2 N–H and O–H groups in total. The highest BCUT2D eigenvalue weighted by molar-refractivity contribution is 6.07. The van der Waals surface area contributed by atoms with Gasteiger partial charge in [0.05, 0.1) is 12.2 Å². The topological polar surface area (TPSA) is 67.4 Å². The van der Waals surface area contributed by atoms with Gasteiger partial charge in [-0.1, -0.05) is 70.9 Å². The van der Waals surface area contributed by atoms with Crippen LogP contribution >= 0.6 is 0 Å². The molecule has 0 saturated heterocycles. The zero-order valence-electron chi connectivity index (χ0n) is 20.5. The zero-order valence-corrected chi connectivity index (χ0v) is 20.5. The summed E-state index contributed by atoms with van der Waals surface area (Å²) in [5.41, 5.74) is 3.45. The van der Waals surface area contributed by atoms with Gasteiger partial charge in [-0.25, -0.2) is 0 Å². The molecule has 34 heavy (non-hydrogen) atoms. The molecule has 0 radical (unpaired) electrons. The van der Waals surface area contributed by atoms with Gasteiger partial charge < -0.3 is 15.4 Å². The number of unbranched alkanes of at least 4 members (excludes halogenated alkanes) is 2. The fourth-order valence-corrected chi connectivity index (χ4v) is 3.51. The third-order valence-electron chi connectivity index (χ3n) is 5.53. The number of ether oxygens (including phenoxy) is 1. The smallest absolute Gasteiger partial charge is 0.259 e. The number of anilines is 2. The summed E-state index contributed by atoms with van der Waals surface area (Å²) in [5.74, 6) is 0.112. The largest absolute Gasteiger partial charge is 0.493 e. The van der Waals surface area contributed by atoms with Crippen LogP contribution in [0.4, 0.5) is 11.4 Å². The molecular formula is C29H34N2O3. The molecule has 5 heteroatoms. The molecule has 3 aromatic carbocycles. The van der Waals surface area contributed by atoms with Gasteiger partial charge in [-0.15, -0.1) is 0 Å². The van der Waals surface area contributed by atoms with Gasteiger partial charge in [0.15, 0.2) is 0 Å². The minimum Gasteiger partial charge on any atom is -0.493 e. The van der Waals surface area contributed by atoms with E-state index in [1.807, 2.05) is 42.5 Å². The molecule has 2 amide bonds. The van der Waals surface area contributed by atoms with Crippen LogP contribution in [-0.2, 0) is 5.41 Å². The van der Waals surface area contributed by atoms with Crippen molar-refractivity contribution in [2.75, 3.05) is 17.2 Å². The standard InChI is InChI=1S/C29H34N2O3/c1-5-6-9-19-34-26-14-8-7-13-25(26)28(33)31-24-12-10-11-23(20-24)30-27(32)21-15-17-22(18-16-21)29(2,3)4/h7-8,10-18,20H,5-6,9,19H2,1-4H3,(H,30,32)(H,31,33). The monoisotopic (exact) mass is 458 g/mol. The van der Waals surface area contributed by atoms with Gasteiger partial charge >= 0.3 is 0 Å². The fourth-order valence-electron chi connectivity index (χ4n) is 3.51. The van der Waals surface area contributed by atoms with E-state index in [2.05, 4.69) is 38.3 Å². The van der Waals surface area contributed by atoms with Crippen LogP contribution in [0.5, 0.6) is 5.75 Å². The number of rotatable bonds is 9. The summed E-state index contributed by atoms with van der Waals surface area (Å²) in [6, 6.07) is 22.0. The first-order chi connectivity index (χ1) is 16.3. The van der Waals surface area contributed by atoms with Crippen LogP contribution in [0, 0.1) is 0 Å². The summed E-state index contributed by atoms with van der Waals surface area (Å²) >= 11 is 0. The molecule has 0 spiro atoms. The highest BCUT2D eigenvalue weighted by atomic mass is 16.5. The third-order valence-corrected chi connectivity index (χ3v) is 5.53. The Labute approximate surface area is 202 Å². The number of amides is 2. The molecule has 5 nitrogen and oxygen atoms in total. The van der Waals surface area contributed by atoms with Gasteiger partial charge in [0.2, 0.25) is 0 Å². The molecule has 0 aliphatic heterocycles. The first kappa shape index (κ1) is 25.0. The summed E-state index contributed by atoms with van der Waals surface area (Å²) < 4.78 is 5.83. The Balaban J connectivity index is 1.66. The first-order valence-electron chi connectivity index (χ1n) is 11.8. The lowest BCUT2D eigenvalue weighted by Gasteiger charge is -2.19. The molecule has 0 aliphatic rings. The zero-order chi connectivity index (χ0) is 24.6. The van der Waals surface area contributed by atoms with Crippen molar-refractivity contribution in [2.24, 2.45) is 0 Å². The predicted molar refractivity (Wildman–Crippen MR) is 139 cm³/mol. The maximum Gasteiger partial charge on any atom is 0.259 e. The van der Waals surface area contributed by atoms with Gasteiger partial charge in [0.1, 0.15) is 5.75 Å². The van der Waals surface area contributed by atoms with E-state index >= 15 is 0 Å². The van der Waals surface area contributed by atoms with Crippen LogP contribution < -0.4 is 15.4 Å². The molecule has 3 rings (SSSR count). The Morgan fingerprint density at radius 2 is 1.44 bits per heavy atom. The Bertz CT molecular complexity index is 1110. The van der Waals surface area contributed by atoms with Crippen LogP contribution in [0.3, 0.4) is 0 Å². The molecular weight excluding hydrogens is 424 g/mol. The van der Waals surface area contributed by atoms with Gasteiger partial charge in [-0.2, -0.15) is 0 Å². The fraction of sp³-hybridized carbons (Fsp3) is 0.310. The average molecular weight is 459 g/mol. The van der Waals surface area contributed by atoms with Gasteiger partial charge in [0, 0.05) is 16.9 Å². The molecule has 0 aromatic heterocycles. The molecule has 178 valence electrons. The predicted octanol–water partition coefficient (Wildman–Crippen LogP) is 7.06. The molecule has 0 heterocycles. The quantitative estimate of drug-likeness (QED) is 0.337. The summed E-state index contributed by atoms with van der Waals surface area (Å²) in [6.45, 7) is 9.13. The number of hydrogen-bond acceptors (Lipinski definition) is 3. The van der Waals surface area contributed by atoms with Crippen molar-refractivity contribution in [3.8, 4) is 5.75 Å². The van der Waals surface area contributed by atoms with Crippen molar-refractivity contribution in [3.63, 3.8) is 0 Å². The highest BCUT2D eigenvalue weighted by Crippen LogP contribution is 2.24. The van der Waals surface area contributed by atoms with E-state index < -0.39 is 0 Å². The second-order valence-electron chi connectivity index (χ2n) is 9.37. The van der Waals surface area contributed by atoms with Crippen molar-refractivity contribution >= 4 is 23.2 Å². The van der Waals surface area contributed by atoms with E-state index in [0.29, 0.717) is 34.9 Å². The minimum atomic E-state index is -0.257. The van der Waals surface area contributed by atoms with E-state index in [-0.39, 0.29) is 17.2 Å². The lowest BCUT2D eigenvalue weighted by atomic mass is 9.87. The Hall–Kier alpha value is -3.60. The van der Waals surface area contributed by atoms with Crippen molar-refractivity contribution in [1.82, 2.24) is 0 Å². The second-order valence-corrected chi connectivity index (χ2v) is 9.37. The van der Waals surface area contributed by atoms with Crippen LogP contribution in [0.2, 0.25) is 0 Å². The molecule has 0 aliphatic carbocycles. The van der Waals surface area contributed by atoms with Crippen molar-refractivity contribution in [3.05, 3.63) is 89.5 Å². The van der Waals surface area contributed by atoms with Crippen LogP contribution in [0.1, 0.15) is 73.2 Å². The number of nitrogens with one attached hydrogen (secondary N) is 2. The maximum absolute atomic E-state index is 12.9. The number of benzene rings is 3. The van der Waals surface area contributed by atoms with Crippen LogP contribution in [0.25, 0.3) is 0 Å². The normalized spacial score (nSPS) is 11.1. The third kappa shape index (κ3) is 6.95. The Morgan fingerprint density at radius 1 is 0.794 bits per heavy atom. The Morgan fingerprint density at radius 3 is 2.09 bits per heavy atom. The second kappa shape index (κ2) is 11.5. The summed E-state index contributed by atoms with van der Waals surface area (Å²) in [5, 5.41) is 5.81. The van der Waals surface area contributed by atoms with Crippen LogP contribution in [-0.4, -0.2) is 18.4 Å². The molecule has 0 bridgehead atoms. The van der Waals surface area contributed by atoms with Crippen LogP contribution in [0.15, 0.2) is 72.8 Å². The number of para-hydroxylation sites is 1. The average Bonchev–Trinajstić information content (AvgIpc) is 2.82. The lowest BCUT2D eigenvalue weighted by Crippen LogP contribution is -2.15. The lowest BCUT2D eigenvalue weighted by molar-refractivity contribution is 0.101. The molecule has 0 saturated carbocycles. The molecule has 0 unspecified atom stereocenters. The van der Waals surface area contributed by atoms with E-state index in [4.69, 9.17) is 4.74 Å². The first-order valence-corrected chi connectivity index (χ1v) is 11.8. The van der Waals surface area contributed by atoms with Crippen molar-refractivity contribution in [2.45, 2.75) is 52.4 Å². The molecule has 0 atom stereocenters. The van der Waals surface area contributed by atoms with Gasteiger partial charge in [-0.05, 0) is 59.9 Å². The van der Waals surface area contributed by atoms with E-state index in [1.54, 1.807) is 30.3 Å². The Kier molecular flexibility index (Phi) is 8.47. The minimum absolute atomic E-state index is 0.0285. The summed E-state index contributed by atoms with van der Waals surface area (Å²) in [7, 11) is 0. The van der Waals surface area contributed by atoms with Gasteiger partial charge in [0.25, 0.3) is 11.8 Å². The molecule has 0 fully saturated rings.